The van der Waals surface area contributed by atoms with Crippen LogP contribution in [0.3, 0.4) is 0 Å². The molecular weight excluding hydrogens is 440 g/mol. The molecule has 0 aliphatic carbocycles. The van der Waals surface area contributed by atoms with E-state index in [0.717, 1.165) is 26.1 Å². The summed E-state index contributed by atoms with van der Waals surface area (Å²) in [5.74, 6) is 0. The third kappa shape index (κ3) is 31.7. The topological polar surface area (TPSA) is 73.8 Å². The first kappa shape index (κ1) is 33.7. The summed E-state index contributed by atoms with van der Waals surface area (Å²) in [6.45, 7) is 22.9. The predicted molar refractivity (Wildman–Crippen MR) is 135 cm³/mol. The molecule has 0 amide bonds. The average molecular weight is 495 g/mol. The highest BCUT2D eigenvalue weighted by Gasteiger charge is 2.09. The lowest BCUT2D eigenvalue weighted by Crippen LogP contribution is -2.15. The zero-order valence-corrected chi connectivity index (χ0v) is 23.0. The average Bonchev–Trinajstić information content (AvgIpc) is 2.74. The third-order valence-corrected chi connectivity index (χ3v) is 4.60. The molecule has 0 rings (SSSR count). The fourth-order valence-corrected chi connectivity index (χ4v) is 2.40. The Labute approximate surface area is 209 Å². The van der Waals surface area contributed by atoms with Crippen molar-refractivity contribution >= 4 is 0 Å². The summed E-state index contributed by atoms with van der Waals surface area (Å²) in [4.78, 5) is 0. The second-order valence-electron chi connectivity index (χ2n) is 10.5. The molecule has 34 heavy (non-hydrogen) atoms. The Hall–Kier alpha value is -0.320. The second kappa shape index (κ2) is 23.1. The summed E-state index contributed by atoms with van der Waals surface area (Å²) in [6, 6.07) is 0. The van der Waals surface area contributed by atoms with Crippen molar-refractivity contribution in [1.82, 2.24) is 0 Å². The molecule has 0 fully saturated rings. The fourth-order valence-electron chi connectivity index (χ4n) is 2.40. The van der Waals surface area contributed by atoms with E-state index >= 15 is 0 Å². The van der Waals surface area contributed by atoms with Gasteiger partial charge in [-0.1, -0.05) is 41.5 Å². The third-order valence-electron chi connectivity index (χ3n) is 4.60. The Balaban J connectivity index is 3.07. The summed E-state index contributed by atoms with van der Waals surface area (Å²) in [5.41, 5.74) is 0.629. The molecule has 0 aliphatic rings. The quantitative estimate of drug-likeness (QED) is 0.176. The molecule has 0 unspecified atom stereocenters. The van der Waals surface area contributed by atoms with Crippen LogP contribution in [0.25, 0.3) is 0 Å². The summed E-state index contributed by atoms with van der Waals surface area (Å²) in [7, 11) is 0. The van der Waals surface area contributed by atoms with Crippen molar-refractivity contribution < 1.29 is 37.9 Å². The van der Waals surface area contributed by atoms with Crippen molar-refractivity contribution in [1.29, 1.82) is 0 Å². The van der Waals surface area contributed by atoms with Gasteiger partial charge in [0.1, 0.15) is 0 Å². The van der Waals surface area contributed by atoms with E-state index in [1.54, 1.807) is 0 Å². The second-order valence-corrected chi connectivity index (χ2v) is 10.5. The lowest BCUT2D eigenvalue weighted by Gasteiger charge is -2.17. The molecule has 8 heteroatoms. The van der Waals surface area contributed by atoms with Gasteiger partial charge in [0, 0.05) is 13.2 Å². The Morgan fingerprint density at radius 3 is 0.559 bits per heavy atom. The van der Waals surface area contributed by atoms with Crippen LogP contribution in [0.4, 0.5) is 0 Å². The van der Waals surface area contributed by atoms with E-state index in [1.807, 2.05) is 0 Å². The highest BCUT2D eigenvalue weighted by Crippen LogP contribution is 2.18. The molecule has 0 aromatic rings. The molecule has 0 atom stereocenters. The maximum atomic E-state index is 5.55. The molecule has 0 saturated carbocycles. The van der Waals surface area contributed by atoms with Gasteiger partial charge in [-0.15, -0.1) is 0 Å². The monoisotopic (exact) mass is 494 g/mol. The number of hydrogen-bond acceptors (Lipinski definition) is 8. The minimum absolute atomic E-state index is 0.314. The van der Waals surface area contributed by atoms with Gasteiger partial charge in [0.05, 0.1) is 92.5 Å². The SMILES string of the molecule is CC(C)(C)CCOCCOCCOCCOCCOCCOCCOCCOCCC(C)(C)C. The van der Waals surface area contributed by atoms with Crippen LogP contribution in [0.2, 0.25) is 0 Å². The van der Waals surface area contributed by atoms with Gasteiger partial charge < -0.3 is 37.9 Å². The van der Waals surface area contributed by atoms with Crippen molar-refractivity contribution in [3.8, 4) is 0 Å². The summed E-state index contributed by atoms with van der Waals surface area (Å²) < 4.78 is 43.9. The standard InChI is InChI=1S/C26H54O8/c1-25(2,3)7-9-27-11-13-29-15-17-31-19-21-33-23-24-34-22-20-32-18-16-30-14-12-28-10-8-26(4,5)6/h7-24H2,1-6H3. The molecule has 0 saturated heterocycles. The zero-order valence-electron chi connectivity index (χ0n) is 23.0. The number of hydrogen-bond donors (Lipinski definition) is 0. The minimum Gasteiger partial charge on any atom is -0.379 e. The molecule has 0 heterocycles. The van der Waals surface area contributed by atoms with Gasteiger partial charge in [0.15, 0.2) is 0 Å². The van der Waals surface area contributed by atoms with Gasteiger partial charge in [0.25, 0.3) is 0 Å². The first-order chi connectivity index (χ1) is 16.2. The number of rotatable bonds is 25. The predicted octanol–water partition coefficient (Wildman–Crippen LogP) is 3.99. The highest BCUT2D eigenvalue weighted by atomic mass is 16.6. The zero-order chi connectivity index (χ0) is 25.4. The largest absolute Gasteiger partial charge is 0.379 e. The van der Waals surface area contributed by atoms with Crippen LogP contribution in [0, 0.1) is 10.8 Å². The molecule has 0 aromatic carbocycles. The lowest BCUT2D eigenvalue weighted by atomic mass is 9.93. The van der Waals surface area contributed by atoms with Crippen molar-refractivity contribution in [3.63, 3.8) is 0 Å². The summed E-state index contributed by atoms with van der Waals surface area (Å²) in [6.07, 6.45) is 2.11. The van der Waals surface area contributed by atoms with Crippen LogP contribution in [0.5, 0.6) is 0 Å². The molecule has 0 bridgehead atoms. The van der Waals surface area contributed by atoms with E-state index in [9.17, 15) is 0 Å². The Bertz CT molecular complexity index is 369. The van der Waals surface area contributed by atoms with Crippen LogP contribution < -0.4 is 0 Å². The summed E-state index contributed by atoms with van der Waals surface area (Å²) >= 11 is 0. The van der Waals surface area contributed by atoms with Crippen LogP contribution in [0.15, 0.2) is 0 Å². The molecule has 0 spiro atoms. The van der Waals surface area contributed by atoms with Crippen molar-refractivity contribution in [2.24, 2.45) is 10.8 Å². The first-order valence-electron chi connectivity index (χ1n) is 12.8. The molecule has 206 valence electrons. The fraction of sp³-hybridized carbons (Fsp3) is 1.00. The Morgan fingerprint density at radius 1 is 0.265 bits per heavy atom. The first-order valence-corrected chi connectivity index (χ1v) is 12.8. The summed E-state index contributed by atoms with van der Waals surface area (Å²) in [5, 5.41) is 0. The molecule has 0 aliphatic heterocycles. The van der Waals surface area contributed by atoms with E-state index in [1.165, 1.54) is 0 Å². The van der Waals surface area contributed by atoms with Gasteiger partial charge in [-0.05, 0) is 23.7 Å². The maximum absolute atomic E-state index is 5.55. The van der Waals surface area contributed by atoms with Gasteiger partial charge >= 0.3 is 0 Å². The maximum Gasteiger partial charge on any atom is 0.0701 e. The van der Waals surface area contributed by atoms with Gasteiger partial charge in [-0.3, -0.25) is 0 Å². The van der Waals surface area contributed by atoms with Gasteiger partial charge in [0.2, 0.25) is 0 Å². The van der Waals surface area contributed by atoms with Crippen molar-refractivity contribution in [2.75, 3.05) is 106 Å². The van der Waals surface area contributed by atoms with Gasteiger partial charge in [-0.25, -0.2) is 0 Å². The molecular formula is C26H54O8. The normalized spacial score (nSPS) is 12.5. The van der Waals surface area contributed by atoms with Crippen LogP contribution in [0.1, 0.15) is 54.4 Å². The van der Waals surface area contributed by atoms with E-state index in [4.69, 9.17) is 37.9 Å². The molecule has 0 aromatic heterocycles. The van der Waals surface area contributed by atoms with Crippen molar-refractivity contribution in [2.45, 2.75) is 54.4 Å². The Morgan fingerprint density at radius 2 is 0.412 bits per heavy atom. The molecule has 0 N–H and O–H groups in total. The van der Waals surface area contributed by atoms with Crippen LogP contribution in [-0.2, 0) is 37.9 Å². The van der Waals surface area contributed by atoms with E-state index in [-0.39, 0.29) is 0 Å². The molecule has 8 nitrogen and oxygen atoms in total. The minimum atomic E-state index is 0.314. The lowest BCUT2D eigenvalue weighted by molar-refractivity contribution is -0.0239. The highest BCUT2D eigenvalue weighted by molar-refractivity contribution is 4.60. The number of ether oxygens (including phenoxy) is 8. The smallest absolute Gasteiger partial charge is 0.0701 e. The van der Waals surface area contributed by atoms with Gasteiger partial charge in [-0.2, -0.15) is 0 Å². The van der Waals surface area contributed by atoms with Crippen LogP contribution in [-0.4, -0.2) is 106 Å². The van der Waals surface area contributed by atoms with E-state index in [2.05, 4.69) is 41.5 Å². The Kier molecular flexibility index (Phi) is 22.9. The van der Waals surface area contributed by atoms with E-state index < -0.39 is 0 Å². The molecule has 0 radical (unpaired) electrons. The van der Waals surface area contributed by atoms with Crippen LogP contribution >= 0.6 is 0 Å². The van der Waals surface area contributed by atoms with E-state index in [0.29, 0.717) is 103 Å². The van der Waals surface area contributed by atoms with Crippen molar-refractivity contribution in [3.05, 3.63) is 0 Å².